The van der Waals surface area contributed by atoms with E-state index < -0.39 is 11.5 Å². The number of carboxylic acid groups (broad SMARTS) is 1. The Hall–Kier alpha value is -2.09. The van der Waals surface area contributed by atoms with Crippen LogP contribution in [0.5, 0.6) is 0 Å². The lowest BCUT2D eigenvalue weighted by atomic mass is 9.99. The third-order valence-electron chi connectivity index (χ3n) is 6.01. The number of carboxylic acids is 1. The second-order valence-electron chi connectivity index (χ2n) is 7.80. The molecule has 0 amide bonds. The lowest BCUT2D eigenvalue weighted by Gasteiger charge is -2.20. The number of pyridine rings is 2. The molecule has 1 saturated carbocycles. The maximum atomic E-state index is 12.8. The predicted octanol–water partition coefficient (Wildman–Crippen LogP) is 4.67. The van der Waals surface area contributed by atoms with Crippen LogP contribution >= 0.6 is 23.1 Å². The van der Waals surface area contributed by atoms with Gasteiger partial charge in [-0.3, -0.25) is 9.20 Å². The fourth-order valence-electron chi connectivity index (χ4n) is 4.32. The number of aromatic nitrogens is 1. The first-order chi connectivity index (χ1) is 14.0. The molecule has 0 spiro atoms. The number of rotatable bonds is 4. The fourth-order valence-corrected chi connectivity index (χ4v) is 7.02. The molecule has 2 N–H and O–H groups in total. The van der Waals surface area contributed by atoms with Crippen LogP contribution in [0.2, 0.25) is 0 Å². The summed E-state index contributed by atoms with van der Waals surface area (Å²) in [4.78, 5) is 25.6. The number of thioether (sulfide) groups is 1. The molecule has 7 heteroatoms. The topological polar surface area (TPSA) is 70.8 Å². The molecule has 1 aliphatic heterocycles. The van der Waals surface area contributed by atoms with Gasteiger partial charge in [0.1, 0.15) is 5.56 Å². The Morgan fingerprint density at radius 2 is 2.03 bits per heavy atom. The Kier molecular flexibility index (Phi) is 4.57. The minimum absolute atomic E-state index is 0.142. The van der Waals surface area contributed by atoms with E-state index in [9.17, 15) is 14.7 Å². The highest BCUT2D eigenvalue weighted by Crippen LogP contribution is 2.47. The molecule has 4 heterocycles. The quantitative estimate of drug-likeness (QED) is 0.634. The Morgan fingerprint density at radius 3 is 2.72 bits per heavy atom. The van der Waals surface area contributed by atoms with Crippen LogP contribution in [0.4, 0.5) is 0 Å². The molecule has 1 fully saturated rings. The van der Waals surface area contributed by atoms with Gasteiger partial charge < -0.3 is 10.4 Å². The Bertz CT molecular complexity index is 1210. The molecule has 1 unspecified atom stereocenters. The van der Waals surface area contributed by atoms with Gasteiger partial charge in [-0.25, -0.2) is 4.79 Å². The maximum Gasteiger partial charge on any atom is 0.341 e. The van der Waals surface area contributed by atoms with Crippen LogP contribution in [0, 0.1) is 6.92 Å². The van der Waals surface area contributed by atoms with E-state index in [4.69, 9.17) is 0 Å². The van der Waals surface area contributed by atoms with E-state index in [1.54, 1.807) is 12.3 Å². The Morgan fingerprint density at radius 1 is 1.24 bits per heavy atom. The van der Waals surface area contributed by atoms with Gasteiger partial charge in [-0.1, -0.05) is 0 Å². The maximum absolute atomic E-state index is 12.8. The van der Waals surface area contributed by atoms with E-state index >= 15 is 0 Å². The smallest absolute Gasteiger partial charge is 0.341 e. The molecule has 5 rings (SSSR count). The predicted molar refractivity (Wildman–Crippen MR) is 118 cm³/mol. The summed E-state index contributed by atoms with van der Waals surface area (Å²) in [5.74, 6) is 0.307. The van der Waals surface area contributed by atoms with Gasteiger partial charge in [0.2, 0.25) is 0 Å². The summed E-state index contributed by atoms with van der Waals surface area (Å²) in [5, 5.41) is 12.9. The molecule has 5 nitrogen and oxygen atoms in total. The van der Waals surface area contributed by atoms with Crippen LogP contribution in [-0.2, 0) is 0 Å². The average molecular weight is 427 g/mol. The summed E-state index contributed by atoms with van der Waals surface area (Å²) in [6, 6.07) is 6.25. The summed E-state index contributed by atoms with van der Waals surface area (Å²) in [6.45, 7) is 2.05. The van der Waals surface area contributed by atoms with Crippen molar-refractivity contribution in [3.63, 3.8) is 0 Å². The summed E-state index contributed by atoms with van der Waals surface area (Å²) in [5.41, 5.74) is 4.81. The van der Waals surface area contributed by atoms with E-state index in [1.807, 2.05) is 36.2 Å². The molecule has 0 aromatic carbocycles. The number of hydrogen-bond donors (Lipinski definition) is 2. The largest absolute Gasteiger partial charge is 0.477 e. The second kappa shape index (κ2) is 7.00. The van der Waals surface area contributed by atoms with Crippen molar-refractivity contribution in [1.29, 1.82) is 0 Å². The van der Waals surface area contributed by atoms with Crippen LogP contribution in [0.25, 0.3) is 16.0 Å². The highest BCUT2D eigenvalue weighted by Gasteiger charge is 2.30. The van der Waals surface area contributed by atoms with Crippen molar-refractivity contribution < 1.29 is 9.90 Å². The van der Waals surface area contributed by atoms with E-state index in [0.29, 0.717) is 12.0 Å². The van der Waals surface area contributed by atoms with Crippen LogP contribution in [-0.4, -0.2) is 28.3 Å². The van der Waals surface area contributed by atoms with Crippen molar-refractivity contribution in [3.8, 4) is 10.4 Å². The van der Waals surface area contributed by atoms with Crippen LogP contribution in [0.1, 0.15) is 58.3 Å². The van der Waals surface area contributed by atoms with Crippen molar-refractivity contribution in [2.75, 3.05) is 12.8 Å². The summed E-state index contributed by atoms with van der Waals surface area (Å²) in [7, 11) is 2.01. The van der Waals surface area contributed by atoms with Gasteiger partial charge in [0, 0.05) is 22.9 Å². The SMILES string of the molecule is CNC1CCSc2sc(-c3ccn4c(=O)c(C(=O)O)cc(C5CC5)c4c3C)cc21. The van der Waals surface area contributed by atoms with E-state index in [0.717, 1.165) is 47.2 Å². The van der Waals surface area contributed by atoms with Gasteiger partial charge in [0.15, 0.2) is 0 Å². The number of thiophene rings is 1. The number of carbonyl (C=O) groups is 1. The molecule has 1 aliphatic carbocycles. The molecular formula is C22H22N2O3S2. The molecule has 3 aromatic rings. The van der Waals surface area contributed by atoms with Crippen molar-refractivity contribution >= 4 is 34.6 Å². The number of hydrogen-bond acceptors (Lipinski definition) is 5. The van der Waals surface area contributed by atoms with Gasteiger partial charge in [-0.05, 0) is 79.6 Å². The highest BCUT2D eigenvalue weighted by molar-refractivity contribution is 8.01. The molecule has 3 aromatic heterocycles. The van der Waals surface area contributed by atoms with Crippen molar-refractivity contribution in [2.24, 2.45) is 0 Å². The van der Waals surface area contributed by atoms with E-state index in [2.05, 4.69) is 18.3 Å². The summed E-state index contributed by atoms with van der Waals surface area (Å²) in [6.07, 6.45) is 4.97. The number of fused-ring (bicyclic) bond motifs is 2. The molecule has 150 valence electrons. The Balaban J connectivity index is 1.73. The van der Waals surface area contributed by atoms with Crippen molar-refractivity contribution in [3.05, 3.63) is 57.0 Å². The lowest BCUT2D eigenvalue weighted by Crippen LogP contribution is -2.23. The van der Waals surface area contributed by atoms with Gasteiger partial charge in [-0.15, -0.1) is 23.1 Å². The van der Waals surface area contributed by atoms with Gasteiger partial charge in [-0.2, -0.15) is 0 Å². The zero-order chi connectivity index (χ0) is 20.3. The minimum atomic E-state index is -1.16. The Labute approximate surface area is 176 Å². The zero-order valence-corrected chi connectivity index (χ0v) is 18.0. The summed E-state index contributed by atoms with van der Waals surface area (Å²) >= 11 is 3.73. The number of nitrogens with zero attached hydrogens (tertiary/aromatic N) is 1. The van der Waals surface area contributed by atoms with E-state index in [1.165, 1.54) is 19.1 Å². The summed E-state index contributed by atoms with van der Waals surface area (Å²) < 4.78 is 2.90. The molecule has 0 saturated heterocycles. The molecule has 1 atom stereocenters. The first kappa shape index (κ1) is 18.9. The molecular weight excluding hydrogens is 404 g/mol. The van der Waals surface area contributed by atoms with E-state index in [-0.39, 0.29) is 5.56 Å². The van der Waals surface area contributed by atoms with Gasteiger partial charge in [0.05, 0.1) is 9.73 Å². The monoisotopic (exact) mass is 426 g/mol. The minimum Gasteiger partial charge on any atom is -0.477 e. The molecule has 0 radical (unpaired) electrons. The standard InChI is InChI=1S/C22H22N2O3S2/c1-11-13(18-10-15-17(23-2)6-8-28-22(15)29-18)5-7-24-19(11)14(12-3-4-12)9-16(20(24)25)21(26)27/h5,7,9-10,12,17,23H,3-4,6,8H2,1-2H3,(H,26,27). The first-order valence-corrected chi connectivity index (χ1v) is 11.7. The van der Waals surface area contributed by atoms with Crippen LogP contribution in [0.15, 0.2) is 33.4 Å². The van der Waals surface area contributed by atoms with Crippen LogP contribution < -0.4 is 10.9 Å². The molecule has 2 aliphatic rings. The van der Waals surface area contributed by atoms with Gasteiger partial charge in [0.25, 0.3) is 5.56 Å². The highest BCUT2D eigenvalue weighted by atomic mass is 32.2. The third kappa shape index (κ3) is 3.03. The first-order valence-electron chi connectivity index (χ1n) is 9.86. The lowest BCUT2D eigenvalue weighted by molar-refractivity contribution is 0.0694. The third-order valence-corrected chi connectivity index (χ3v) is 8.53. The average Bonchev–Trinajstić information content (AvgIpc) is 3.46. The van der Waals surface area contributed by atoms with Crippen molar-refractivity contribution in [1.82, 2.24) is 9.72 Å². The fraction of sp³-hybridized carbons (Fsp3) is 0.364. The zero-order valence-electron chi connectivity index (χ0n) is 16.3. The molecule has 29 heavy (non-hydrogen) atoms. The number of aromatic carboxylic acids is 1. The number of nitrogens with one attached hydrogen (secondary N) is 1. The van der Waals surface area contributed by atoms with Crippen molar-refractivity contribution in [2.45, 2.75) is 42.4 Å². The van der Waals surface area contributed by atoms with Gasteiger partial charge >= 0.3 is 5.97 Å². The molecule has 0 bridgehead atoms. The van der Waals surface area contributed by atoms with Crippen LogP contribution in [0.3, 0.4) is 0 Å². The second-order valence-corrected chi connectivity index (χ2v) is 10.2. The normalized spacial score (nSPS) is 18.8. The number of aryl methyl sites for hydroxylation is 1.